The van der Waals surface area contributed by atoms with Crippen LogP contribution in [0.1, 0.15) is 44.4 Å². The van der Waals surface area contributed by atoms with Gasteiger partial charge >= 0.3 is 0 Å². The van der Waals surface area contributed by atoms with Crippen LogP contribution in [0.2, 0.25) is 0 Å². The Morgan fingerprint density at radius 2 is 1.82 bits per heavy atom. The Morgan fingerprint density at radius 1 is 1.18 bits per heavy atom. The minimum Gasteiger partial charge on any atom is -0.345 e. The van der Waals surface area contributed by atoms with Crippen LogP contribution in [-0.2, 0) is 17.1 Å². The summed E-state index contributed by atoms with van der Waals surface area (Å²) in [4.78, 5) is 21.3. The highest BCUT2D eigenvalue weighted by molar-refractivity contribution is 6.04. The molecule has 1 amide bonds. The van der Waals surface area contributed by atoms with Crippen LogP contribution in [0.15, 0.2) is 59.9 Å². The number of hydrogen-bond donors (Lipinski definition) is 0. The molecule has 8 heteroatoms. The quantitative estimate of drug-likeness (QED) is 0.291. The molecule has 0 aliphatic carbocycles. The van der Waals surface area contributed by atoms with E-state index < -0.39 is 17.6 Å². The topological polar surface area (TPSA) is 45.6 Å². The second kappa shape index (κ2) is 12.1. The van der Waals surface area contributed by atoms with Gasteiger partial charge in [-0.1, -0.05) is 19.6 Å². The fraction of sp³-hybridized carbons (Fsp3) is 0.320. The molecule has 2 aromatic rings. The number of halogens is 4. The molecule has 0 aliphatic rings. The molecule has 1 heterocycles. The summed E-state index contributed by atoms with van der Waals surface area (Å²) in [5.74, 6) is -4.08. The maximum atomic E-state index is 13.3. The van der Waals surface area contributed by atoms with Crippen molar-refractivity contribution in [3.05, 3.63) is 83.2 Å². The molecule has 0 saturated carbocycles. The van der Waals surface area contributed by atoms with Gasteiger partial charge in [-0.3, -0.25) is 14.8 Å². The molecule has 33 heavy (non-hydrogen) atoms. The van der Waals surface area contributed by atoms with Crippen LogP contribution in [0.4, 0.5) is 17.6 Å². The molecule has 1 aromatic heterocycles. The fourth-order valence-corrected chi connectivity index (χ4v) is 2.68. The molecule has 0 radical (unpaired) electrons. The number of nitrogens with zero attached hydrogens (tertiary/aromatic N) is 3. The number of aliphatic imine (C=N–C) groups is 1. The maximum absolute atomic E-state index is 13.3. The highest BCUT2D eigenvalue weighted by atomic mass is 19.3. The van der Waals surface area contributed by atoms with E-state index in [1.54, 1.807) is 34.0 Å². The third kappa shape index (κ3) is 9.00. The van der Waals surface area contributed by atoms with E-state index in [0.717, 1.165) is 19.2 Å². The van der Waals surface area contributed by atoms with E-state index in [-0.39, 0.29) is 11.5 Å². The number of hydrogen-bond acceptors (Lipinski definition) is 3. The summed E-state index contributed by atoms with van der Waals surface area (Å²) in [5, 5.41) is 0. The molecule has 1 aromatic carbocycles. The van der Waals surface area contributed by atoms with E-state index >= 15 is 0 Å². The number of benzene rings is 1. The van der Waals surface area contributed by atoms with Gasteiger partial charge < -0.3 is 4.90 Å². The third-order valence-electron chi connectivity index (χ3n) is 4.45. The van der Waals surface area contributed by atoms with Gasteiger partial charge in [-0.05, 0) is 44.0 Å². The van der Waals surface area contributed by atoms with Crippen LogP contribution in [0.25, 0.3) is 5.70 Å². The van der Waals surface area contributed by atoms with Crippen LogP contribution >= 0.6 is 0 Å². The molecular formula is C25H29F4N3O. The summed E-state index contributed by atoms with van der Waals surface area (Å²) in [6.07, 6.45) is 4.77. The second-order valence-electron chi connectivity index (χ2n) is 7.67. The van der Waals surface area contributed by atoms with Gasteiger partial charge in [-0.25, -0.2) is 17.6 Å². The highest BCUT2D eigenvalue weighted by Crippen LogP contribution is 2.28. The maximum Gasteiger partial charge on any atom is 0.272 e. The lowest BCUT2D eigenvalue weighted by Gasteiger charge is -2.11. The first-order valence-corrected chi connectivity index (χ1v) is 10.2. The number of likely N-dealkylation sites (N-methyl/N-ethyl adjacent to an activating group) is 1. The molecule has 178 valence electrons. The van der Waals surface area contributed by atoms with Crippen molar-refractivity contribution in [3.63, 3.8) is 0 Å². The molecule has 0 saturated heterocycles. The zero-order valence-corrected chi connectivity index (χ0v) is 19.7. The van der Waals surface area contributed by atoms with E-state index in [4.69, 9.17) is 0 Å². The van der Waals surface area contributed by atoms with Gasteiger partial charge in [-0.2, -0.15) is 0 Å². The minimum absolute atomic E-state index is 0.126. The molecule has 0 unspecified atom stereocenters. The summed E-state index contributed by atoms with van der Waals surface area (Å²) in [6, 6.07) is 4.94. The van der Waals surface area contributed by atoms with Crippen LogP contribution in [0.5, 0.6) is 0 Å². The zero-order valence-electron chi connectivity index (χ0n) is 19.7. The number of alkyl halides is 2. The third-order valence-corrected chi connectivity index (χ3v) is 4.45. The van der Waals surface area contributed by atoms with Crippen molar-refractivity contribution in [3.8, 4) is 0 Å². The Labute approximate surface area is 192 Å². The van der Waals surface area contributed by atoms with Crippen molar-refractivity contribution < 1.29 is 22.4 Å². The summed E-state index contributed by atoms with van der Waals surface area (Å²) >= 11 is 0. The average molecular weight is 464 g/mol. The van der Waals surface area contributed by atoms with Crippen molar-refractivity contribution in [2.24, 2.45) is 4.99 Å². The number of carbonyl (C=O) groups excluding carboxylic acids is 1. The lowest BCUT2D eigenvalue weighted by Crippen LogP contribution is -2.22. The molecule has 2 rings (SSSR count). The summed E-state index contributed by atoms with van der Waals surface area (Å²) in [7, 11) is 3.32. The largest absolute Gasteiger partial charge is 0.345 e. The summed E-state index contributed by atoms with van der Waals surface area (Å²) in [6.45, 7) is 9.81. The predicted octanol–water partition coefficient (Wildman–Crippen LogP) is 6.19. The van der Waals surface area contributed by atoms with Crippen LogP contribution in [-0.4, -0.2) is 35.6 Å². The van der Waals surface area contributed by atoms with Crippen molar-refractivity contribution in [1.82, 2.24) is 9.88 Å². The Hall–Kier alpha value is -3.29. The lowest BCUT2D eigenvalue weighted by molar-refractivity contribution is -0.124. The molecule has 0 atom stereocenters. The molecule has 0 N–H and O–H groups in total. The molecule has 4 nitrogen and oxygen atoms in total. The van der Waals surface area contributed by atoms with Crippen molar-refractivity contribution in [2.75, 3.05) is 14.1 Å². The molecule has 0 spiro atoms. The Bertz CT molecular complexity index is 1050. The van der Waals surface area contributed by atoms with Gasteiger partial charge in [0.1, 0.15) is 11.6 Å². The number of aryl methyl sites for hydroxylation is 1. The van der Waals surface area contributed by atoms with Gasteiger partial charge in [0.15, 0.2) is 0 Å². The van der Waals surface area contributed by atoms with Crippen molar-refractivity contribution in [1.29, 1.82) is 0 Å². The molecule has 0 aliphatic heterocycles. The highest BCUT2D eigenvalue weighted by Gasteiger charge is 2.25. The number of allylic oxidation sites excluding steroid dienone is 1. The standard InChI is InChI=1S/C17H21F2N3O.C8H8F2/c1-11(16(23)22(5)6)7-12(2)21-13(3)14-8-15(10-20-9-14)17(4,18)19;1-2-6-3-4-7(9)5-8(6)10/h7-10H,3H2,1-2,4-6H3;3-5H,2H2,1H3/b11-7+,21-12?;. The normalized spacial score (nSPS) is 12.1. The van der Waals surface area contributed by atoms with Gasteiger partial charge in [0.05, 0.1) is 5.70 Å². The molecule has 0 fully saturated rings. The van der Waals surface area contributed by atoms with E-state index in [2.05, 4.69) is 16.6 Å². The average Bonchev–Trinajstić information content (AvgIpc) is 2.73. The SMILES string of the molecule is C=C(N=C(C)/C=C(\C)C(=O)N(C)C)c1cncc(C(C)(F)F)c1.CCc1ccc(F)cc1F. The number of rotatable bonds is 6. The van der Waals surface area contributed by atoms with Crippen LogP contribution in [0.3, 0.4) is 0 Å². The van der Waals surface area contributed by atoms with E-state index in [1.165, 1.54) is 29.3 Å². The zero-order chi connectivity index (χ0) is 25.3. The Morgan fingerprint density at radius 3 is 2.33 bits per heavy atom. The second-order valence-corrected chi connectivity index (χ2v) is 7.67. The van der Waals surface area contributed by atoms with Crippen LogP contribution < -0.4 is 0 Å². The summed E-state index contributed by atoms with van der Waals surface area (Å²) < 4.78 is 51.5. The molecular weight excluding hydrogens is 434 g/mol. The van der Waals surface area contributed by atoms with Crippen LogP contribution in [0, 0.1) is 11.6 Å². The minimum atomic E-state index is -2.98. The van der Waals surface area contributed by atoms with Gasteiger partial charge in [0, 0.05) is 61.9 Å². The van der Waals surface area contributed by atoms with Gasteiger partial charge in [-0.15, -0.1) is 0 Å². The Kier molecular flexibility index (Phi) is 10.2. The summed E-state index contributed by atoms with van der Waals surface area (Å²) in [5.41, 5.74) is 2.16. The first-order chi connectivity index (χ1) is 15.3. The number of amides is 1. The lowest BCUT2D eigenvalue weighted by atomic mass is 10.1. The fourth-order valence-electron chi connectivity index (χ4n) is 2.68. The number of carbonyl (C=O) groups is 1. The Balaban J connectivity index is 0.000000451. The molecule has 0 bridgehead atoms. The van der Waals surface area contributed by atoms with Crippen molar-refractivity contribution in [2.45, 2.75) is 40.0 Å². The first-order valence-electron chi connectivity index (χ1n) is 10.2. The van der Waals surface area contributed by atoms with Gasteiger partial charge in [0.2, 0.25) is 5.91 Å². The number of aromatic nitrogens is 1. The predicted molar refractivity (Wildman–Crippen MR) is 124 cm³/mol. The monoisotopic (exact) mass is 463 g/mol. The van der Waals surface area contributed by atoms with E-state index in [1.807, 2.05) is 6.92 Å². The van der Waals surface area contributed by atoms with E-state index in [9.17, 15) is 22.4 Å². The van der Waals surface area contributed by atoms with E-state index in [0.29, 0.717) is 34.5 Å². The van der Waals surface area contributed by atoms with Gasteiger partial charge in [0.25, 0.3) is 5.92 Å². The van der Waals surface area contributed by atoms with Crippen molar-refractivity contribution >= 4 is 17.3 Å². The first kappa shape index (κ1) is 27.7. The number of pyridine rings is 1. The smallest absolute Gasteiger partial charge is 0.272 e.